The van der Waals surface area contributed by atoms with Gasteiger partial charge >= 0.3 is 0 Å². The van der Waals surface area contributed by atoms with Gasteiger partial charge in [0.05, 0.1) is 11.8 Å². The lowest BCUT2D eigenvalue weighted by atomic mass is 10.0. The topological polar surface area (TPSA) is 52.1 Å². The monoisotopic (exact) mass is 314 g/mol. The van der Waals surface area contributed by atoms with Crippen LogP contribution in [0.2, 0.25) is 0 Å². The smallest absolute Gasteiger partial charge is 0.277 e. The average molecular weight is 314 g/mol. The minimum absolute atomic E-state index is 0.506. The molecule has 2 heterocycles. The van der Waals surface area contributed by atoms with Crippen molar-refractivity contribution in [3.63, 3.8) is 0 Å². The zero-order valence-electron chi connectivity index (χ0n) is 13.1. The van der Waals surface area contributed by atoms with Gasteiger partial charge in [-0.05, 0) is 50.5 Å². The predicted molar refractivity (Wildman–Crippen MR) is 87.0 cm³/mol. The van der Waals surface area contributed by atoms with E-state index in [2.05, 4.69) is 43.1 Å². The van der Waals surface area contributed by atoms with E-state index >= 15 is 0 Å². The van der Waals surface area contributed by atoms with Crippen molar-refractivity contribution in [1.29, 1.82) is 0 Å². The Kier molecular flexibility index (Phi) is 4.07. The van der Waals surface area contributed by atoms with E-state index in [0.29, 0.717) is 11.1 Å². The summed E-state index contributed by atoms with van der Waals surface area (Å²) in [5, 5.41) is 8.78. The highest BCUT2D eigenvalue weighted by molar-refractivity contribution is 7.98. The first kappa shape index (κ1) is 14.9. The predicted octanol–water partition coefficient (Wildman–Crippen LogP) is 4.86. The summed E-state index contributed by atoms with van der Waals surface area (Å²) < 4.78 is 11.0. The molecule has 0 spiro atoms. The molecule has 0 atom stereocenters. The van der Waals surface area contributed by atoms with Crippen LogP contribution < -0.4 is 0 Å². The molecule has 1 aromatic carbocycles. The molecule has 22 heavy (non-hydrogen) atoms. The van der Waals surface area contributed by atoms with E-state index in [-0.39, 0.29) is 0 Å². The van der Waals surface area contributed by atoms with E-state index in [0.717, 1.165) is 17.1 Å². The summed E-state index contributed by atoms with van der Waals surface area (Å²) in [5.74, 6) is 2.11. The summed E-state index contributed by atoms with van der Waals surface area (Å²) >= 11 is 1.56. The van der Waals surface area contributed by atoms with Gasteiger partial charge in [0, 0.05) is 5.75 Å². The SMILES string of the molecule is Cc1cc(C)c(CSc2nnc(-c3ccoc3C)o2)c(C)c1. The third kappa shape index (κ3) is 2.95. The Hall–Kier alpha value is -2.01. The number of benzene rings is 1. The summed E-state index contributed by atoms with van der Waals surface area (Å²) in [5.41, 5.74) is 6.07. The van der Waals surface area contributed by atoms with Crippen molar-refractivity contribution in [2.45, 2.75) is 38.7 Å². The molecule has 0 radical (unpaired) electrons. The number of furan rings is 1. The molecule has 4 nitrogen and oxygen atoms in total. The molecular formula is C17H18N2O2S. The van der Waals surface area contributed by atoms with Gasteiger partial charge in [-0.3, -0.25) is 0 Å². The lowest BCUT2D eigenvalue weighted by Crippen LogP contribution is -1.93. The lowest BCUT2D eigenvalue weighted by molar-refractivity contribution is 0.463. The number of rotatable bonds is 4. The number of aryl methyl sites for hydroxylation is 4. The van der Waals surface area contributed by atoms with E-state index < -0.39 is 0 Å². The van der Waals surface area contributed by atoms with Crippen molar-refractivity contribution in [3.05, 3.63) is 52.5 Å². The van der Waals surface area contributed by atoms with Crippen LogP contribution in [0, 0.1) is 27.7 Å². The number of aromatic nitrogens is 2. The van der Waals surface area contributed by atoms with Crippen LogP contribution in [-0.2, 0) is 5.75 Å². The molecule has 0 aliphatic carbocycles. The highest BCUT2D eigenvalue weighted by Crippen LogP contribution is 2.29. The van der Waals surface area contributed by atoms with E-state index in [9.17, 15) is 0 Å². The van der Waals surface area contributed by atoms with E-state index in [1.54, 1.807) is 18.0 Å². The zero-order valence-corrected chi connectivity index (χ0v) is 14.0. The van der Waals surface area contributed by atoms with Crippen LogP contribution in [0.15, 0.2) is 38.5 Å². The molecule has 2 aromatic heterocycles. The van der Waals surface area contributed by atoms with Crippen molar-refractivity contribution in [2.75, 3.05) is 0 Å². The first-order chi connectivity index (χ1) is 10.5. The molecule has 0 aliphatic heterocycles. The van der Waals surface area contributed by atoms with Gasteiger partial charge in [-0.25, -0.2) is 0 Å². The molecular weight excluding hydrogens is 296 g/mol. The van der Waals surface area contributed by atoms with Crippen LogP contribution in [0.5, 0.6) is 0 Å². The second kappa shape index (κ2) is 6.01. The Morgan fingerprint density at radius 3 is 2.41 bits per heavy atom. The minimum atomic E-state index is 0.506. The Balaban J connectivity index is 1.76. The number of hydrogen-bond donors (Lipinski definition) is 0. The van der Waals surface area contributed by atoms with Gasteiger partial charge in [0.25, 0.3) is 11.1 Å². The maximum absolute atomic E-state index is 5.71. The van der Waals surface area contributed by atoms with Crippen LogP contribution in [0.3, 0.4) is 0 Å². The molecule has 5 heteroatoms. The second-order valence-electron chi connectivity index (χ2n) is 5.43. The van der Waals surface area contributed by atoms with Crippen LogP contribution in [-0.4, -0.2) is 10.2 Å². The van der Waals surface area contributed by atoms with E-state index in [1.165, 1.54) is 22.3 Å². The second-order valence-corrected chi connectivity index (χ2v) is 6.36. The number of thioether (sulfide) groups is 1. The molecule has 0 amide bonds. The zero-order chi connectivity index (χ0) is 15.7. The summed E-state index contributed by atoms with van der Waals surface area (Å²) in [6, 6.07) is 6.25. The molecule has 3 rings (SSSR count). The molecule has 0 saturated carbocycles. The van der Waals surface area contributed by atoms with Crippen LogP contribution >= 0.6 is 11.8 Å². The van der Waals surface area contributed by atoms with Crippen molar-refractivity contribution in [3.8, 4) is 11.5 Å². The Morgan fingerprint density at radius 1 is 1.05 bits per heavy atom. The van der Waals surface area contributed by atoms with Gasteiger partial charge in [-0.2, -0.15) is 0 Å². The summed E-state index contributed by atoms with van der Waals surface area (Å²) in [6.07, 6.45) is 1.63. The molecule has 0 unspecified atom stereocenters. The Bertz CT molecular complexity index is 782. The minimum Gasteiger partial charge on any atom is -0.469 e. The van der Waals surface area contributed by atoms with Crippen molar-refractivity contribution in [1.82, 2.24) is 10.2 Å². The molecule has 0 aliphatic rings. The maximum atomic E-state index is 5.71. The molecule has 0 bridgehead atoms. The number of nitrogens with zero attached hydrogens (tertiary/aromatic N) is 2. The summed E-state index contributed by atoms with van der Waals surface area (Å²) in [4.78, 5) is 0. The first-order valence-corrected chi connectivity index (χ1v) is 8.10. The highest BCUT2D eigenvalue weighted by atomic mass is 32.2. The third-order valence-corrected chi connectivity index (χ3v) is 4.52. The maximum Gasteiger partial charge on any atom is 0.277 e. The van der Waals surface area contributed by atoms with Crippen molar-refractivity contribution in [2.24, 2.45) is 0 Å². The molecule has 0 N–H and O–H groups in total. The third-order valence-electron chi connectivity index (χ3n) is 3.68. The summed E-state index contributed by atoms with van der Waals surface area (Å²) in [7, 11) is 0. The van der Waals surface area contributed by atoms with E-state index in [1.807, 2.05) is 13.0 Å². The van der Waals surface area contributed by atoms with Crippen LogP contribution in [0.25, 0.3) is 11.5 Å². The van der Waals surface area contributed by atoms with Gasteiger partial charge in [0.1, 0.15) is 5.76 Å². The Labute approximate surface area is 133 Å². The molecule has 0 saturated heterocycles. The van der Waals surface area contributed by atoms with Crippen molar-refractivity contribution >= 4 is 11.8 Å². The van der Waals surface area contributed by atoms with Crippen LogP contribution in [0.4, 0.5) is 0 Å². The van der Waals surface area contributed by atoms with Gasteiger partial charge in [0.15, 0.2) is 0 Å². The standard InChI is InChI=1S/C17H18N2O2S/c1-10-7-11(2)15(12(3)8-10)9-22-17-19-18-16(21-17)14-5-6-20-13(14)4/h5-8H,9H2,1-4H3. The van der Waals surface area contributed by atoms with Gasteiger partial charge < -0.3 is 8.83 Å². The van der Waals surface area contributed by atoms with E-state index in [4.69, 9.17) is 8.83 Å². The van der Waals surface area contributed by atoms with Gasteiger partial charge in [0.2, 0.25) is 0 Å². The lowest BCUT2D eigenvalue weighted by Gasteiger charge is -2.09. The van der Waals surface area contributed by atoms with Gasteiger partial charge in [-0.15, -0.1) is 10.2 Å². The van der Waals surface area contributed by atoms with Crippen LogP contribution in [0.1, 0.15) is 28.0 Å². The van der Waals surface area contributed by atoms with Crippen molar-refractivity contribution < 1.29 is 8.83 Å². The highest BCUT2D eigenvalue weighted by Gasteiger charge is 2.14. The van der Waals surface area contributed by atoms with Gasteiger partial charge in [-0.1, -0.05) is 29.5 Å². The fraction of sp³-hybridized carbons (Fsp3) is 0.294. The first-order valence-electron chi connectivity index (χ1n) is 7.12. The normalized spacial score (nSPS) is 11.1. The Morgan fingerprint density at radius 2 is 1.77 bits per heavy atom. The average Bonchev–Trinajstić information content (AvgIpc) is 3.06. The number of hydrogen-bond acceptors (Lipinski definition) is 5. The fourth-order valence-electron chi connectivity index (χ4n) is 2.56. The molecule has 3 aromatic rings. The molecule has 0 fully saturated rings. The summed E-state index contributed by atoms with van der Waals surface area (Å²) in [6.45, 7) is 8.29. The largest absolute Gasteiger partial charge is 0.469 e. The quantitative estimate of drug-likeness (QED) is 0.644. The fourth-order valence-corrected chi connectivity index (χ4v) is 3.51. The molecule has 114 valence electrons.